The number of aromatic amines is 1. The van der Waals surface area contributed by atoms with E-state index in [0.29, 0.717) is 11.6 Å². The normalized spacial score (nSPS) is 13.7. The van der Waals surface area contributed by atoms with Crippen molar-refractivity contribution < 1.29 is 0 Å². The van der Waals surface area contributed by atoms with Gasteiger partial charge in [0.25, 0.3) is 5.56 Å². The lowest BCUT2D eigenvalue weighted by Crippen LogP contribution is -2.12. The van der Waals surface area contributed by atoms with E-state index in [9.17, 15) is 4.79 Å². The van der Waals surface area contributed by atoms with Gasteiger partial charge >= 0.3 is 0 Å². The highest BCUT2D eigenvalue weighted by molar-refractivity contribution is 7.98. The van der Waals surface area contributed by atoms with Crippen LogP contribution in [0.3, 0.4) is 0 Å². The zero-order valence-electron chi connectivity index (χ0n) is 16.1. The Bertz CT molecular complexity index is 1230. The van der Waals surface area contributed by atoms with Gasteiger partial charge in [-0.1, -0.05) is 42.1 Å². The molecule has 4 aromatic rings. The topological polar surface area (TPSA) is 76.5 Å². The summed E-state index contributed by atoms with van der Waals surface area (Å²) in [6.45, 7) is 2.69. The number of thioether (sulfide) groups is 1. The molecule has 1 N–H and O–H groups in total. The highest BCUT2D eigenvalue weighted by atomic mass is 32.2. The maximum Gasteiger partial charge on any atom is 0.259 e. The van der Waals surface area contributed by atoms with Crippen molar-refractivity contribution >= 4 is 33.3 Å². The zero-order valence-corrected chi connectivity index (χ0v) is 17.8. The molecule has 29 heavy (non-hydrogen) atoms. The van der Waals surface area contributed by atoms with Crippen LogP contribution in [-0.2, 0) is 25.1 Å². The van der Waals surface area contributed by atoms with E-state index >= 15 is 0 Å². The molecule has 0 saturated carbocycles. The van der Waals surface area contributed by atoms with Gasteiger partial charge in [-0.25, -0.2) is 4.98 Å². The van der Waals surface area contributed by atoms with Crippen LogP contribution in [-0.4, -0.2) is 24.7 Å². The largest absolute Gasteiger partial charge is 0.309 e. The number of aryl methyl sites for hydroxylation is 3. The molecule has 148 valence electrons. The lowest BCUT2D eigenvalue weighted by Gasteiger charge is -2.09. The van der Waals surface area contributed by atoms with E-state index in [2.05, 4.69) is 31.9 Å². The molecule has 0 aliphatic heterocycles. The van der Waals surface area contributed by atoms with Crippen LogP contribution in [0.15, 0.2) is 40.3 Å². The Kier molecular flexibility index (Phi) is 4.97. The maximum absolute atomic E-state index is 12.7. The van der Waals surface area contributed by atoms with Crippen molar-refractivity contribution in [1.82, 2.24) is 24.7 Å². The van der Waals surface area contributed by atoms with E-state index in [-0.39, 0.29) is 5.56 Å². The molecule has 1 aliphatic rings. The number of H-pyrrole nitrogens is 1. The van der Waals surface area contributed by atoms with E-state index in [1.807, 2.05) is 25.1 Å². The Morgan fingerprint density at radius 3 is 2.86 bits per heavy atom. The number of nitrogens with one attached hydrogen (secondary N) is 1. The molecule has 3 aromatic heterocycles. The smallest absolute Gasteiger partial charge is 0.259 e. The van der Waals surface area contributed by atoms with Crippen LogP contribution in [0.4, 0.5) is 0 Å². The van der Waals surface area contributed by atoms with E-state index in [4.69, 9.17) is 4.98 Å². The fraction of sp³-hybridized carbons (Fsp3) is 0.333. The van der Waals surface area contributed by atoms with Crippen LogP contribution >= 0.6 is 23.1 Å². The first-order valence-electron chi connectivity index (χ1n) is 9.79. The minimum Gasteiger partial charge on any atom is -0.309 e. The predicted octanol–water partition coefficient (Wildman–Crippen LogP) is 4.10. The minimum absolute atomic E-state index is 0.00747. The standard InChI is InChI=1S/C21H21N5OS2/c1-13-24-25-21(26(13)11-14-7-3-2-4-8-14)28-12-17-22-19(27)18-15-9-5-6-10-16(15)29-20(18)23-17/h2-4,7-8H,5-6,9-12H2,1H3,(H,22,23,27). The molecule has 8 heteroatoms. The van der Waals surface area contributed by atoms with Crippen molar-refractivity contribution in [3.8, 4) is 0 Å². The van der Waals surface area contributed by atoms with Crippen molar-refractivity contribution in [1.29, 1.82) is 0 Å². The number of hydrogen-bond acceptors (Lipinski definition) is 6. The lowest BCUT2D eigenvalue weighted by molar-refractivity contribution is 0.688. The Balaban J connectivity index is 1.39. The van der Waals surface area contributed by atoms with Gasteiger partial charge in [-0.3, -0.25) is 4.79 Å². The van der Waals surface area contributed by atoms with Gasteiger partial charge in [0.1, 0.15) is 16.5 Å². The Hall–Kier alpha value is -2.45. The van der Waals surface area contributed by atoms with Gasteiger partial charge in [-0.2, -0.15) is 0 Å². The Morgan fingerprint density at radius 2 is 2.00 bits per heavy atom. The molecule has 1 aromatic carbocycles. The highest BCUT2D eigenvalue weighted by Crippen LogP contribution is 2.33. The van der Waals surface area contributed by atoms with Crippen LogP contribution in [0.5, 0.6) is 0 Å². The third-order valence-electron chi connectivity index (χ3n) is 5.30. The molecule has 3 heterocycles. The molecule has 5 rings (SSSR count). The lowest BCUT2D eigenvalue weighted by atomic mass is 9.97. The van der Waals surface area contributed by atoms with Crippen molar-refractivity contribution in [3.05, 3.63) is 68.3 Å². The van der Waals surface area contributed by atoms with Gasteiger partial charge in [0, 0.05) is 4.88 Å². The van der Waals surface area contributed by atoms with E-state index < -0.39 is 0 Å². The van der Waals surface area contributed by atoms with Gasteiger partial charge in [0.15, 0.2) is 5.16 Å². The molecule has 0 unspecified atom stereocenters. The minimum atomic E-state index is -0.00747. The molecule has 0 amide bonds. The van der Waals surface area contributed by atoms with Crippen LogP contribution in [0, 0.1) is 6.92 Å². The molecular formula is C21H21N5OS2. The molecule has 0 fully saturated rings. The monoisotopic (exact) mass is 423 g/mol. The van der Waals surface area contributed by atoms with Crippen LogP contribution in [0.25, 0.3) is 10.2 Å². The zero-order chi connectivity index (χ0) is 19.8. The van der Waals surface area contributed by atoms with Crippen LogP contribution < -0.4 is 5.56 Å². The Labute approximate surface area is 176 Å². The Morgan fingerprint density at radius 1 is 1.17 bits per heavy atom. The van der Waals surface area contributed by atoms with Gasteiger partial charge in [-0.15, -0.1) is 21.5 Å². The molecule has 1 aliphatic carbocycles. The second-order valence-corrected chi connectivity index (χ2v) is 9.32. The number of rotatable bonds is 5. The third-order valence-corrected chi connectivity index (χ3v) is 7.46. The average molecular weight is 424 g/mol. The molecule has 6 nitrogen and oxygen atoms in total. The van der Waals surface area contributed by atoms with Gasteiger partial charge in [-0.05, 0) is 43.7 Å². The summed E-state index contributed by atoms with van der Waals surface area (Å²) in [6.07, 6.45) is 4.43. The van der Waals surface area contributed by atoms with Gasteiger partial charge in [0.05, 0.1) is 17.7 Å². The summed E-state index contributed by atoms with van der Waals surface area (Å²) in [5.41, 5.74) is 2.42. The number of hydrogen-bond donors (Lipinski definition) is 1. The van der Waals surface area contributed by atoms with Crippen LogP contribution in [0.1, 0.15) is 40.5 Å². The first-order chi connectivity index (χ1) is 14.2. The first-order valence-corrected chi connectivity index (χ1v) is 11.6. The summed E-state index contributed by atoms with van der Waals surface area (Å²) in [6, 6.07) is 10.3. The number of thiophene rings is 1. The molecule has 0 atom stereocenters. The number of fused-ring (bicyclic) bond motifs is 3. The summed E-state index contributed by atoms with van der Waals surface area (Å²) in [5, 5.41) is 10.2. The van der Waals surface area contributed by atoms with Crippen molar-refractivity contribution in [2.45, 2.75) is 50.1 Å². The quantitative estimate of drug-likeness (QED) is 0.489. The van der Waals surface area contributed by atoms with E-state index in [0.717, 1.165) is 47.0 Å². The van der Waals surface area contributed by atoms with Crippen molar-refractivity contribution in [3.63, 3.8) is 0 Å². The van der Waals surface area contributed by atoms with E-state index in [1.54, 1.807) is 23.1 Å². The highest BCUT2D eigenvalue weighted by Gasteiger charge is 2.20. The average Bonchev–Trinajstić information content (AvgIpc) is 3.28. The summed E-state index contributed by atoms with van der Waals surface area (Å²) in [7, 11) is 0. The SMILES string of the molecule is Cc1nnc(SCc2nc3sc4c(c3c(=O)[nH]2)CCCC4)n1Cc1ccccc1. The first kappa shape index (κ1) is 18.6. The molecule has 0 saturated heterocycles. The van der Waals surface area contributed by atoms with Crippen molar-refractivity contribution in [2.75, 3.05) is 0 Å². The second kappa shape index (κ2) is 7.76. The van der Waals surface area contributed by atoms with Crippen LogP contribution in [0.2, 0.25) is 0 Å². The third kappa shape index (κ3) is 3.62. The summed E-state index contributed by atoms with van der Waals surface area (Å²) >= 11 is 3.24. The fourth-order valence-corrected chi connectivity index (χ4v) is 5.96. The summed E-state index contributed by atoms with van der Waals surface area (Å²) < 4.78 is 2.10. The second-order valence-electron chi connectivity index (χ2n) is 7.29. The number of nitrogens with zero attached hydrogens (tertiary/aromatic N) is 4. The van der Waals surface area contributed by atoms with E-state index in [1.165, 1.54) is 22.4 Å². The number of benzene rings is 1. The van der Waals surface area contributed by atoms with Gasteiger partial charge < -0.3 is 9.55 Å². The predicted molar refractivity (Wildman–Crippen MR) is 117 cm³/mol. The number of aromatic nitrogens is 5. The maximum atomic E-state index is 12.7. The van der Waals surface area contributed by atoms with Crippen molar-refractivity contribution in [2.24, 2.45) is 0 Å². The molecule has 0 bridgehead atoms. The molecule has 0 radical (unpaired) electrons. The van der Waals surface area contributed by atoms with Gasteiger partial charge in [0.2, 0.25) is 0 Å². The summed E-state index contributed by atoms with van der Waals surface area (Å²) in [4.78, 5) is 22.7. The fourth-order valence-electron chi connectivity index (χ4n) is 3.83. The molecule has 0 spiro atoms. The molecular weight excluding hydrogens is 402 g/mol. The summed E-state index contributed by atoms with van der Waals surface area (Å²) in [5.74, 6) is 2.12.